The van der Waals surface area contributed by atoms with E-state index in [1.807, 2.05) is 29.7 Å². The number of hydrogen-bond donors (Lipinski definition) is 2. The van der Waals surface area contributed by atoms with Gasteiger partial charge in [0, 0.05) is 6.20 Å². The molecule has 1 amide bonds. The van der Waals surface area contributed by atoms with Gasteiger partial charge in [0.25, 0.3) is 11.7 Å². The number of aliphatic hydroxyl groups is 1. The number of fused-ring (bicyclic) bond motifs is 1. The predicted molar refractivity (Wildman–Crippen MR) is 130 cm³/mol. The first-order chi connectivity index (χ1) is 17.3. The normalized spacial score (nSPS) is 17.3. The van der Waals surface area contributed by atoms with E-state index in [-0.39, 0.29) is 35.1 Å². The van der Waals surface area contributed by atoms with Gasteiger partial charge < -0.3 is 28.7 Å². The number of aromatic hydroxyl groups is 1. The fourth-order valence-corrected chi connectivity index (χ4v) is 4.61. The number of carbonyl (C=O) groups is 2. The van der Waals surface area contributed by atoms with Crippen LogP contribution in [0.4, 0.5) is 0 Å². The summed E-state index contributed by atoms with van der Waals surface area (Å²) < 4.78 is 12.8. The number of ether oxygens (including phenoxy) is 1. The number of furan rings is 1. The summed E-state index contributed by atoms with van der Waals surface area (Å²) in [5.74, 6) is -1.37. The number of benzene rings is 1. The predicted octanol–water partition coefficient (Wildman–Crippen LogP) is 4.27. The number of hydrogen-bond acceptors (Lipinski definition) is 7. The topological polar surface area (TPSA) is 118 Å². The quantitative estimate of drug-likeness (QED) is 0.237. The van der Waals surface area contributed by atoms with Crippen molar-refractivity contribution in [2.75, 3.05) is 6.61 Å². The molecule has 0 spiro atoms. The zero-order chi connectivity index (χ0) is 25.6. The number of nitrogens with zero attached hydrogens (tertiary/aromatic N) is 3. The smallest absolute Gasteiger partial charge is 0.296 e. The second kappa shape index (κ2) is 8.92. The zero-order valence-corrected chi connectivity index (χ0v) is 20.1. The summed E-state index contributed by atoms with van der Waals surface area (Å²) in [4.78, 5) is 32.5. The Hall–Kier alpha value is -4.53. The average Bonchev–Trinajstić information content (AvgIpc) is 3.56. The van der Waals surface area contributed by atoms with E-state index in [4.69, 9.17) is 9.15 Å². The highest BCUT2D eigenvalue weighted by Crippen LogP contribution is 2.42. The highest BCUT2D eigenvalue weighted by molar-refractivity contribution is 6.46. The Balaban J connectivity index is 1.72. The van der Waals surface area contributed by atoms with Gasteiger partial charge in [0.15, 0.2) is 17.3 Å². The molecule has 0 bridgehead atoms. The van der Waals surface area contributed by atoms with E-state index in [1.54, 1.807) is 38.1 Å². The van der Waals surface area contributed by atoms with Gasteiger partial charge in [-0.2, -0.15) is 0 Å². The molecule has 1 aliphatic heterocycles. The Labute approximate surface area is 206 Å². The van der Waals surface area contributed by atoms with Gasteiger partial charge in [-0.1, -0.05) is 12.1 Å². The second-order valence-electron chi connectivity index (χ2n) is 8.60. The maximum atomic E-state index is 13.4. The van der Waals surface area contributed by atoms with Gasteiger partial charge in [0.05, 0.1) is 36.7 Å². The van der Waals surface area contributed by atoms with E-state index < -0.39 is 17.7 Å². The number of phenolic OH excluding ortho intramolecular Hbond substituents is 1. The maximum Gasteiger partial charge on any atom is 0.296 e. The van der Waals surface area contributed by atoms with Crippen LogP contribution in [0.1, 0.15) is 41.2 Å². The molecule has 4 heterocycles. The van der Waals surface area contributed by atoms with Crippen LogP contribution < -0.4 is 4.74 Å². The largest absolute Gasteiger partial charge is 0.505 e. The SMILES string of the molecule is CCOc1cc(C2/C(=C(\O)c3nc4c(C)cccn4c3C)C(=O)C(=O)N2Cc2ccco2)ccc1O. The van der Waals surface area contributed by atoms with Crippen LogP contribution in [0, 0.1) is 13.8 Å². The summed E-state index contributed by atoms with van der Waals surface area (Å²) in [6, 6.07) is 10.8. The Morgan fingerprint density at radius 3 is 2.67 bits per heavy atom. The lowest BCUT2D eigenvalue weighted by molar-refractivity contribution is -0.140. The molecule has 1 unspecified atom stereocenters. The number of ketones is 1. The number of rotatable bonds is 6. The summed E-state index contributed by atoms with van der Waals surface area (Å²) in [5.41, 5.74) is 2.78. The van der Waals surface area contributed by atoms with Gasteiger partial charge in [-0.05, 0) is 62.2 Å². The van der Waals surface area contributed by atoms with Gasteiger partial charge in [0.2, 0.25) is 0 Å². The molecule has 4 aromatic rings. The van der Waals surface area contributed by atoms with E-state index in [9.17, 15) is 19.8 Å². The number of imidazole rings is 1. The van der Waals surface area contributed by atoms with Crippen LogP contribution in [0.5, 0.6) is 11.5 Å². The number of aryl methyl sites for hydroxylation is 2. The summed E-state index contributed by atoms with van der Waals surface area (Å²) in [6.07, 6.45) is 3.31. The van der Waals surface area contributed by atoms with Crippen LogP contribution in [-0.4, -0.2) is 42.8 Å². The summed E-state index contributed by atoms with van der Waals surface area (Å²) >= 11 is 0. The Morgan fingerprint density at radius 1 is 1.17 bits per heavy atom. The van der Waals surface area contributed by atoms with Crippen molar-refractivity contribution >= 4 is 23.1 Å². The van der Waals surface area contributed by atoms with Gasteiger partial charge in [-0.3, -0.25) is 9.59 Å². The van der Waals surface area contributed by atoms with Crippen molar-refractivity contribution in [2.24, 2.45) is 0 Å². The van der Waals surface area contributed by atoms with Crippen molar-refractivity contribution in [3.8, 4) is 11.5 Å². The number of Topliss-reactive ketones (excluding diaryl/α,β-unsaturated/α-hetero) is 1. The van der Waals surface area contributed by atoms with Crippen LogP contribution in [0.25, 0.3) is 11.4 Å². The highest BCUT2D eigenvalue weighted by atomic mass is 16.5. The standard InChI is InChI=1S/C27H25N3O6/c1-4-35-20-13-17(9-10-19(20)31)23-21(25(33)27(34)30(23)14-18-8-6-12-36-18)24(32)22-16(3)29-11-5-7-15(2)26(29)28-22/h5-13,23,31-32H,4,14H2,1-3H3/b24-21+. The van der Waals surface area contributed by atoms with Gasteiger partial charge in [0.1, 0.15) is 17.1 Å². The second-order valence-corrected chi connectivity index (χ2v) is 8.60. The lowest BCUT2D eigenvalue weighted by Crippen LogP contribution is -2.29. The number of phenols is 1. The first-order valence-corrected chi connectivity index (χ1v) is 11.5. The molecule has 2 N–H and O–H groups in total. The van der Waals surface area contributed by atoms with E-state index in [1.165, 1.54) is 17.2 Å². The Kier molecular flexibility index (Phi) is 5.75. The Bertz CT molecular complexity index is 1520. The molecule has 9 nitrogen and oxygen atoms in total. The lowest BCUT2D eigenvalue weighted by Gasteiger charge is -2.25. The molecule has 9 heteroatoms. The summed E-state index contributed by atoms with van der Waals surface area (Å²) in [6.45, 7) is 5.79. The van der Waals surface area contributed by atoms with Crippen molar-refractivity contribution in [1.82, 2.24) is 14.3 Å². The van der Waals surface area contributed by atoms with Gasteiger partial charge in [-0.15, -0.1) is 0 Å². The molecule has 1 aromatic carbocycles. The lowest BCUT2D eigenvalue weighted by atomic mass is 9.96. The van der Waals surface area contributed by atoms with E-state index in [0.29, 0.717) is 29.3 Å². The molecule has 0 radical (unpaired) electrons. The zero-order valence-electron chi connectivity index (χ0n) is 20.1. The molecule has 1 atom stereocenters. The van der Waals surface area contributed by atoms with Crippen molar-refractivity contribution < 1.29 is 29.0 Å². The van der Waals surface area contributed by atoms with Crippen molar-refractivity contribution in [2.45, 2.75) is 33.4 Å². The molecule has 0 aliphatic carbocycles. The number of aliphatic hydroxyl groups excluding tert-OH is 1. The summed E-state index contributed by atoms with van der Waals surface area (Å²) in [5, 5.41) is 21.7. The molecule has 1 fully saturated rings. The molecule has 3 aromatic heterocycles. The van der Waals surface area contributed by atoms with Crippen LogP contribution in [0.3, 0.4) is 0 Å². The first kappa shape index (κ1) is 23.2. The van der Waals surface area contributed by atoms with Gasteiger partial charge >= 0.3 is 0 Å². The Morgan fingerprint density at radius 2 is 1.97 bits per heavy atom. The third-order valence-electron chi connectivity index (χ3n) is 6.35. The number of amides is 1. The number of aromatic nitrogens is 2. The van der Waals surface area contributed by atoms with Crippen LogP contribution in [-0.2, 0) is 16.1 Å². The molecular weight excluding hydrogens is 462 g/mol. The van der Waals surface area contributed by atoms with E-state index >= 15 is 0 Å². The fourth-order valence-electron chi connectivity index (χ4n) is 4.61. The minimum absolute atomic E-state index is 0.00706. The molecule has 1 aliphatic rings. The average molecular weight is 488 g/mol. The third-order valence-corrected chi connectivity index (χ3v) is 6.35. The maximum absolute atomic E-state index is 13.4. The molecule has 0 saturated carbocycles. The number of carbonyl (C=O) groups excluding carboxylic acids is 2. The third kappa shape index (κ3) is 3.69. The van der Waals surface area contributed by atoms with Crippen LogP contribution in [0.15, 0.2) is 64.9 Å². The van der Waals surface area contributed by atoms with Crippen molar-refractivity contribution in [1.29, 1.82) is 0 Å². The monoisotopic (exact) mass is 487 g/mol. The van der Waals surface area contributed by atoms with E-state index in [2.05, 4.69) is 4.98 Å². The minimum Gasteiger partial charge on any atom is -0.505 e. The van der Waals surface area contributed by atoms with Crippen molar-refractivity contribution in [3.63, 3.8) is 0 Å². The molecule has 1 saturated heterocycles. The molecule has 5 rings (SSSR count). The highest BCUT2D eigenvalue weighted by Gasteiger charge is 2.47. The molecule has 184 valence electrons. The number of likely N-dealkylation sites (tertiary alicyclic amines) is 1. The first-order valence-electron chi connectivity index (χ1n) is 11.5. The minimum atomic E-state index is -0.958. The fraction of sp³-hybridized carbons (Fsp3) is 0.222. The summed E-state index contributed by atoms with van der Waals surface area (Å²) in [7, 11) is 0. The van der Waals surface area contributed by atoms with Crippen LogP contribution >= 0.6 is 0 Å². The van der Waals surface area contributed by atoms with E-state index in [0.717, 1.165) is 5.56 Å². The molecular formula is C27H25N3O6. The van der Waals surface area contributed by atoms with Crippen LogP contribution in [0.2, 0.25) is 0 Å². The van der Waals surface area contributed by atoms with Gasteiger partial charge in [-0.25, -0.2) is 4.98 Å². The molecule has 36 heavy (non-hydrogen) atoms. The number of pyridine rings is 1. The van der Waals surface area contributed by atoms with Crippen molar-refractivity contribution in [3.05, 3.63) is 88.8 Å².